The average molecular weight is 459 g/mol. The van der Waals surface area contributed by atoms with Gasteiger partial charge in [-0.3, -0.25) is 14.5 Å². The molecular weight excluding hydrogens is 432 g/mol. The molecule has 1 fully saturated rings. The van der Waals surface area contributed by atoms with Crippen molar-refractivity contribution in [3.05, 3.63) is 64.6 Å². The van der Waals surface area contributed by atoms with Crippen LogP contribution in [0.4, 0.5) is 5.69 Å². The molecule has 0 saturated carbocycles. The molecule has 2 aromatic carbocycles. The molecule has 1 aliphatic heterocycles. The number of piperazine rings is 1. The smallest absolute Gasteiger partial charge is 0.251 e. The molecule has 1 aliphatic rings. The summed E-state index contributed by atoms with van der Waals surface area (Å²) < 4.78 is 0.833. The lowest BCUT2D eigenvalue weighted by Gasteiger charge is -2.36. The highest BCUT2D eigenvalue weighted by Gasteiger charge is 2.16. The number of carbonyl (C=O) groups excluding carboxylic acids is 2. The van der Waals surface area contributed by atoms with E-state index in [4.69, 9.17) is 0 Å². The molecule has 0 bridgehead atoms. The number of benzene rings is 2. The summed E-state index contributed by atoms with van der Waals surface area (Å²) in [5.74, 6) is -0.417. The molecule has 0 aliphatic carbocycles. The maximum Gasteiger partial charge on any atom is 0.251 e. The first-order valence-electron chi connectivity index (χ1n) is 9.94. The maximum absolute atomic E-state index is 12.0. The van der Waals surface area contributed by atoms with E-state index in [1.165, 1.54) is 5.69 Å². The summed E-state index contributed by atoms with van der Waals surface area (Å²) >= 11 is 3.33. The quantitative estimate of drug-likeness (QED) is 0.596. The van der Waals surface area contributed by atoms with E-state index in [1.807, 2.05) is 12.1 Å². The van der Waals surface area contributed by atoms with Crippen molar-refractivity contribution in [2.75, 3.05) is 50.7 Å². The van der Waals surface area contributed by atoms with Gasteiger partial charge in [0.25, 0.3) is 5.91 Å². The fourth-order valence-electron chi connectivity index (χ4n) is 3.35. The van der Waals surface area contributed by atoms with Gasteiger partial charge in [-0.25, -0.2) is 0 Å². The Morgan fingerprint density at radius 2 is 1.69 bits per heavy atom. The van der Waals surface area contributed by atoms with Crippen LogP contribution in [0.3, 0.4) is 0 Å². The summed E-state index contributed by atoms with van der Waals surface area (Å²) in [6.07, 6.45) is 0.899. The van der Waals surface area contributed by atoms with E-state index in [0.29, 0.717) is 12.1 Å². The number of nitrogens with zero attached hydrogens (tertiary/aromatic N) is 2. The van der Waals surface area contributed by atoms with Gasteiger partial charge < -0.3 is 15.5 Å². The summed E-state index contributed by atoms with van der Waals surface area (Å²) in [5, 5.41) is 5.52. The Labute approximate surface area is 180 Å². The molecule has 1 heterocycles. The predicted octanol–water partition coefficient (Wildman–Crippen LogP) is 2.51. The van der Waals surface area contributed by atoms with Crippen molar-refractivity contribution in [1.82, 2.24) is 15.5 Å². The first-order chi connectivity index (χ1) is 14.1. The molecule has 7 heteroatoms. The number of rotatable bonds is 8. The summed E-state index contributed by atoms with van der Waals surface area (Å²) in [5.41, 5.74) is 1.81. The minimum absolute atomic E-state index is 0.0128. The van der Waals surface area contributed by atoms with Crippen molar-refractivity contribution in [2.24, 2.45) is 0 Å². The van der Waals surface area contributed by atoms with Gasteiger partial charge in [0.2, 0.25) is 5.91 Å². The van der Waals surface area contributed by atoms with Gasteiger partial charge in [-0.15, -0.1) is 0 Å². The van der Waals surface area contributed by atoms with Crippen LogP contribution in [0.2, 0.25) is 0 Å². The van der Waals surface area contributed by atoms with Crippen LogP contribution in [0.25, 0.3) is 0 Å². The molecule has 6 nitrogen and oxygen atoms in total. The van der Waals surface area contributed by atoms with Gasteiger partial charge in [-0.2, -0.15) is 0 Å². The molecule has 154 valence electrons. The van der Waals surface area contributed by atoms with E-state index < -0.39 is 0 Å². The minimum atomic E-state index is -0.252. The van der Waals surface area contributed by atoms with Crippen LogP contribution in [0.15, 0.2) is 59.1 Å². The fraction of sp³-hybridized carbons (Fsp3) is 0.364. The number of anilines is 1. The Hall–Kier alpha value is -2.38. The van der Waals surface area contributed by atoms with Gasteiger partial charge in [0.05, 0.1) is 6.54 Å². The molecule has 0 spiro atoms. The van der Waals surface area contributed by atoms with E-state index in [-0.39, 0.29) is 18.4 Å². The zero-order chi connectivity index (χ0) is 20.5. The molecule has 0 atom stereocenters. The number of para-hydroxylation sites is 1. The minimum Gasteiger partial charge on any atom is -0.369 e. The van der Waals surface area contributed by atoms with E-state index in [2.05, 4.69) is 60.6 Å². The number of hydrogen-bond donors (Lipinski definition) is 2. The Bertz CT molecular complexity index is 807. The van der Waals surface area contributed by atoms with Gasteiger partial charge in [0, 0.05) is 48.4 Å². The zero-order valence-electron chi connectivity index (χ0n) is 16.4. The molecule has 2 N–H and O–H groups in total. The predicted molar refractivity (Wildman–Crippen MR) is 119 cm³/mol. The maximum atomic E-state index is 12.0. The van der Waals surface area contributed by atoms with E-state index in [0.717, 1.165) is 43.6 Å². The lowest BCUT2D eigenvalue weighted by Crippen LogP contribution is -2.47. The third kappa shape index (κ3) is 6.87. The lowest BCUT2D eigenvalue weighted by atomic mass is 10.2. The van der Waals surface area contributed by atoms with Crippen LogP contribution in [0.5, 0.6) is 0 Å². The summed E-state index contributed by atoms with van der Waals surface area (Å²) in [6, 6.07) is 17.6. The molecule has 3 rings (SSSR count). The number of hydrogen-bond acceptors (Lipinski definition) is 4. The topological polar surface area (TPSA) is 64.7 Å². The Morgan fingerprint density at radius 1 is 0.931 bits per heavy atom. The third-order valence-corrected chi connectivity index (χ3v) is 5.46. The van der Waals surface area contributed by atoms with Gasteiger partial charge in [0.1, 0.15) is 0 Å². The summed E-state index contributed by atoms with van der Waals surface area (Å²) in [7, 11) is 0. The van der Waals surface area contributed by atoms with Crippen molar-refractivity contribution in [3.63, 3.8) is 0 Å². The lowest BCUT2D eigenvalue weighted by molar-refractivity contribution is -0.120. The van der Waals surface area contributed by atoms with E-state index in [9.17, 15) is 9.59 Å². The third-order valence-electron chi connectivity index (χ3n) is 4.96. The second-order valence-corrected chi connectivity index (χ2v) is 7.98. The van der Waals surface area contributed by atoms with Crippen molar-refractivity contribution in [2.45, 2.75) is 6.42 Å². The highest BCUT2D eigenvalue weighted by atomic mass is 79.9. The first kappa shape index (κ1) is 21.3. The van der Waals surface area contributed by atoms with E-state index >= 15 is 0 Å². The monoisotopic (exact) mass is 458 g/mol. The Kier molecular flexibility index (Phi) is 8.07. The van der Waals surface area contributed by atoms with Crippen molar-refractivity contribution >= 4 is 33.4 Å². The summed E-state index contributed by atoms with van der Waals surface area (Å²) in [4.78, 5) is 28.8. The van der Waals surface area contributed by atoms with Gasteiger partial charge in [0.15, 0.2) is 0 Å². The van der Waals surface area contributed by atoms with E-state index in [1.54, 1.807) is 18.2 Å². The molecule has 0 aromatic heterocycles. The fourth-order valence-corrected chi connectivity index (χ4v) is 3.75. The van der Waals surface area contributed by atoms with Gasteiger partial charge in [-0.1, -0.05) is 40.2 Å². The highest BCUT2D eigenvalue weighted by molar-refractivity contribution is 9.10. The molecule has 1 saturated heterocycles. The SMILES string of the molecule is O=C(CNC(=O)c1cccc(Br)c1)NCCCN1CCN(c2ccccc2)CC1. The molecule has 0 unspecified atom stereocenters. The number of amides is 2. The Balaban J connectivity index is 1.27. The van der Waals surface area contributed by atoms with Gasteiger partial charge >= 0.3 is 0 Å². The largest absolute Gasteiger partial charge is 0.369 e. The first-order valence-corrected chi connectivity index (χ1v) is 10.7. The molecular formula is C22H27BrN4O2. The van der Waals surface area contributed by atoms with Gasteiger partial charge in [-0.05, 0) is 43.3 Å². The number of carbonyl (C=O) groups is 2. The van der Waals surface area contributed by atoms with Crippen LogP contribution >= 0.6 is 15.9 Å². The summed E-state index contributed by atoms with van der Waals surface area (Å²) in [6.45, 7) is 5.69. The van der Waals surface area contributed by atoms with Crippen LogP contribution < -0.4 is 15.5 Å². The number of nitrogens with one attached hydrogen (secondary N) is 2. The normalized spacial score (nSPS) is 14.4. The van der Waals surface area contributed by atoms with Crippen LogP contribution in [0, 0.1) is 0 Å². The number of halogens is 1. The second kappa shape index (κ2) is 11.0. The van der Waals surface area contributed by atoms with Crippen molar-refractivity contribution in [3.8, 4) is 0 Å². The molecule has 29 heavy (non-hydrogen) atoms. The van der Waals surface area contributed by atoms with Crippen LogP contribution in [-0.2, 0) is 4.79 Å². The zero-order valence-corrected chi connectivity index (χ0v) is 18.0. The standard InChI is InChI=1S/C22H27BrN4O2/c23-19-7-4-6-18(16-19)22(29)25-17-21(28)24-10-5-11-26-12-14-27(15-13-26)20-8-2-1-3-9-20/h1-4,6-9,16H,5,10-15,17H2,(H,24,28)(H,25,29). The second-order valence-electron chi connectivity index (χ2n) is 7.06. The van der Waals surface area contributed by atoms with Crippen molar-refractivity contribution in [1.29, 1.82) is 0 Å². The van der Waals surface area contributed by atoms with Crippen LogP contribution in [0.1, 0.15) is 16.8 Å². The molecule has 2 amide bonds. The van der Waals surface area contributed by atoms with Crippen molar-refractivity contribution < 1.29 is 9.59 Å². The molecule has 2 aromatic rings. The van der Waals surface area contributed by atoms with Crippen LogP contribution in [-0.4, -0.2) is 62.5 Å². The Morgan fingerprint density at radius 3 is 2.41 bits per heavy atom. The highest BCUT2D eigenvalue weighted by Crippen LogP contribution is 2.15. The average Bonchev–Trinajstić information content (AvgIpc) is 2.76. The molecule has 0 radical (unpaired) electrons.